The van der Waals surface area contributed by atoms with E-state index in [1.807, 2.05) is 86.6 Å². The third-order valence-corrected chi connectivity index (χ3v) is 8.00. The fourth-order valence-electron chi connectivity index (χ4n) is 5.35. The Hall–Kier alpha value is -3.32. The van der Waals surface area contributed by atoms with Crippen molar-refractivity contribution < 1.29 is 19.1 Å². The van der Waals surface area contributed by atoms with Crippen LogP contribution in [-0.4, -0.2) is 42.0 Å². The summed E-state index contributed by atoms with van der Waals surface area (Å²) in [7, 11) is 0. The van der Waals surface area contributed by atoms with Crippen LogP contribution in [0.3, 0.4) is 0 Å². The highest BCUT2D eigenvalue weighted by Crippen LogP contribution is 2.29. The van der Waals surface area contributed by atoms with E-state index < -0.39 is 6.04 Å². The van der Waals surface area contributed by atoms with Gasteiger partial charge in [-0.2, -0.15) is 0 Å². The number of amides is 2. The van der Waals surface area contributed by atoms with Crippen molar-refractivity contribution in [2.45, 2.75) is 77.4 Å². The maximum atomic E-state index is 14.0. The predicted molar refractivity (Wildman–Crippen MR) is 166 cm³/mol. The third kappa shape index (κ3) is 9.09. The molecule has 3 aromatic rings. The molecule has 0 aromatic heterocycles. The van der Waals surface area contributed by atoms with Crippen LogP contribution in [0.2, 0.25) is 0 Å². The average molecular weight is 622 g/mol. The fraction of sp³-hybridized carbons (Fsp3) is 0.412. The van der Waals surface area contributed by atoms with Crippen molar-refractivity contribution in [2.75, 3.05) is 13.2 Å². The Morgan fingerprint density at radius 2 is 1.54 bits per heavy atom. The number of halogens is 1. The number of hydrogen-bond acceptors (Lipinski definition) is 4. The summed E-state index contributed by atoms with van der Waals surface area (Å²) in [5.74, 6) is 1.25. The van der Waals surface area contributed by atoms with Crippen LogP contribution in [0, 0.1) is 0 Å². The molecule has 0 heterocycles. The van der Waals surface area contributed by atoms with Gasteiger partial charge in [0.2, 0.25) is 11.8 Å². The average Bonchev–Trinajstić information content (AvgIpc) is 3.49. The zero-order valence-electron chi connectivity index (χ0n) is 24.1. The number of rotatable bonds is 14. The minimum Gasteiger partial charge on any atom is -0.490 e. The van der Waals surface area contributed by atoms with Crippen LogP contribution in [0.25, 0.3) is 0 Å². The molecule has 1 aliphatic carbocycles. The van der Waals surface area contributed by atoms with Crippen molar-refractivity contribution >= 4 is 27.7 Å². The number of ether oxygens (including phenoxy) is 2. The van der Waals surface area contributed by atoms with E-state index in [4.69, 9.17) is 9.47 Å². The number of benzene rings is 3. The smallest absolute Gasteiger partial charge is 0.243 e. The molecule has 3 aromatic carbocycles. The van der Waals surface area contributed by atoms with Crippen LogP contribution in [0.4, 0.5) is 0 Å². The molecule has 41 heavy (non-hydrogen) atoms. The van der Waals surface area contributed by atoms with Gasteiger partial charge in [-0.05, 0) is 74.1 Å². The Balaban J connectivity index is 1.59. The quantitative estimate of drug-likeness (QED) is 0.213. The first kappa shape index (κ1) is 30.6. The van der Waals surface area contributed by atoms with Crippen LogP contribution in [0.15, 0.2) is 77.3 Å². The van der Waals surface area contributed by atoms with Crippen molar-refractivity contribution in [2.24, 2.45) is 0 Å². The summed E-state index contributed by atoms with van der Waals surface area (Å²) < 4.78 is 12.5. The standard InChI is InChI=1S/C34H41BrN2O4/c1-3-40-31-20-16-26(23-32(31)41-4-2)17-21-33(38)37(24-27-14-18-28(35)19-15-27)30(22-25-10-6-5-7-11-25)34(39)36-29-12-8-9-13-29/h5-7,10-11,14-16,18-20,23,29-30H,3-4,8-9,12-13,17,21-22,24H2,1-2H3,(H,36,39)/t30-/m0/s1. The van der Waals surface area contributed by atoms with Gasteiger partial charge >= 0.3 is 0 Å². The minimum absolute atomic E-state index is 0.0535. The van der Waals surface area contributed by atoms with E-state index in [1.54, 1.807) is 4.90 Å². The van der Waals surface area contributed by atoms with Gasteiger partial charge in [0.1, 0.15) is 6.04 Å². The molecule has 0 saturated heterocycles. The Morgan fingerprint density at radius 3 is 2.22 bits per heavy atom. The van der Waals surface area contributed by atoms with Crippen molar-refractivity contribution in [1.82, 2.24) is 10.2 Å². The van der Waals surface area contributed by atoms with Crippen LogP contribution >= 0.6 is 15.9 Å². The van der Waals surface area contributed by atoms with E-state index in [1.165, 1.54) is 0 Å². The number of nitrogens with one attached hydrogen (secondary N) is 1. The van der Waals surface area contributed by atoms with Crippen molar-refractivity contribution in [3.63, 3.8) is 0 Å². The molecule has 6 nitrogen and oxygen atoms in total. The molecule has 4 rings (SSSR count). The minimum atomic E-state index is -0.617. The Morgan fingerprint density at radius 1 is 0.878 bits per heavy atom. The second-order valence-corrected chi connectivity index (χ2v) is 11.4. The monoisotopic (exact) mass is 620 g/mol. The van der Waals surface area contributed by atoms with Gasteiger partial charge in [0.15, 0.2) is 11.5 Å². The van der Waals surface area contributed by atoms with Gasteiger partial charge in [-0.1, -0.05) is 77.3 Å². The first-order valence-electron chi connectivity index (χ1n) is 14.7. The normalized spacial score (nSPS) is 13.9. The summed E-state index contributed by atoms with van der Waals surface area (Å²) in [6.45, 7) is 5.32. The van der Waals surface area contributed by atoms with Gasteiger partial charge in [0, 0.05) is 29.9 Å². The van der Waals surface area contributed by atoms with E-state index in [0.717, 1.165) is 46.8 Å². The maximum Gasteiger partial charge on any atom is 0.243 e. The number of aryl methyl sites for hydroxylation is 1. The SMILES string of the molecule is CCOc1ccc(CCC(=O)N(Cc2ccc(Br)cc2)[C@@H](Cc2ccccc2)C(=O)NC2CCCC2)cc1OCC. The molecule has 0 aliphatic heterocycles. The molecular formula is C34H41BrN2O4. The van der Waals surface area contributed by atoms with E-state index in [2.05, 4.69) is 21.2 Å². The molecule has 0 unspecified atom stereocenters. The lowest BCUT2D eigenvalue weighted by Gasteiger charge is -2.32. The van der Waals surface area contributed by atoms with E-state index in [-0.39, 0.29) is 24.3 Å². The van der Waals surface area contributed by atoms with Crippen molar-refractivity contribution in [3.8, 4) is 11.5 Å². The second-order valence-electron chi connectivity index (χ2n) is 10.5. The number of hydrogen-bond donors (Lipinski definition) is 1. The molecule has 0 spiro atoms. The molecule has 1 N–H and O–H groups in total. The van der Waals surface area contributed by atoms with E-state index in [9.17, 15) is 9.59 Å². The maximum absolute atomic E-state index is 14.0. The summed E-state index contributed by atoms with van der Waals surface area (Å²) in [6.07, 6.45) is 5.50. The zero-order chi connectivity index (χ0) is 29.0. The van der Waals surface area contributed by atoms with Crippen LogP contribution in [0.1, 0.15) is 62.6 Å². The third-order valence-electron chi connectivity index (χ3n) is 7.47. The molecule has 1 atom stereocenters. The van der Waals surface area contributed by atoms with Gasteiger partial charge in [-0.3, -0.25) is 9.59 Å². The number of carbonyl (C=O) groups is 2. The summed E-state index contributed by atoms with van der Waals surface area (Å²) in [5.41, 5.74) is 3.00. The molecule has 1 aliphatic rings. The van der Waals surface area contributed by atoms with E-state index >= 15 is 0 Å². The molecule has 7 heteroatoms. The second kappa shape index (κ2) is 15.6. The van der Waals surface area contributed by atoms with Gasteiger partial charge in [0.25, 0.3) is 0 Å². The Kier molecular flexibility index (Phi) is 11.7. The highest BCUT2D eigenvalue weighted by atomic mass is 79.9. The molecule has 1 saturated carbocycles. The summed E-state index contributed by atoms with van der Waals surface area (Å²) in [4.78, 5) is 29.6. The fourth-order valence-corrected chi connectivity index (χ4v) is 5.62. The zero-order valence-corrected chi connectivity index (χ0v) is 25.7. The van der Waals surface area contributed by atoms with Gasteiger partial charge in [0.05, 0.1) is 13.2 Å². The summed E-state index contributed by atoms with van der Waals surface area (Å²) in [6, 6.07) is 23.3. The highest BCUT2D eigenvalue weighted by Gasteiger charge is 2.32. The molecule has 2 amide bonds. The lowest BCUT2D eigenvalue weighted by Crippen LogP contribution is -2.52. The first-order chi connectivity index (χ1) is 20.0. The van der Waals surface area contributed by atoms with Gasteiger partial charge in [-0.25, -0.2) is 0 Å². The lowest BCUT2D eigenvalue weighted by atomic mass is 10.0. The Bertz CT molecular complexity index is 1260. The van der Waals surface area contributed by atoms with Crippen LogP contribution in [-0.2, 0) is 29.0 Å². The van der Waals surface area contributed by atoms with Crippen LogP contribution in [0.5, 0.6) is 11.5 Å². The van der Waals surface area contributed by atoms with Crippen LogP contribution < -0.4 is 14.8 Å². The lowest BCUT2D eigenvalue weighted by molar-refractivity contribution is -0.141. The number of nitrogens with zero attached hydrogens (tertiary/aromatic N) is 1. The molecular weight excluding hydrogens is 580 g/mol. The summed E-state index contributed by atoms with van der Waals surface area (Å²) in [5, 5.41) is 3.27. The molecule has 218 valence electrons. The first-order valence-corrected chi connectivity index (χ1v) is 15.5. The van der Waals surface area contributed by atoms with Gasteiger partial charge in [-0.15, -0.1) is 0 Å². The predicted octanol–water partition coefficient (Wildman–Crippen LogP) is 6.88. The molecule has 0 bridgehead atoms. The van der Waals surface area contributed by atoms with E-state index in [0.29, 0.717) is 44.1 Å². The topological polar surface area (TPSA) is 67.9 Å². The highest BCUT2D eigenvalue weighted by molar-refractivity contribution is 9.10. The largest absolute Gasteiger partial charge is 0.490 e. The van der Waals surface area contributed by atoms with Crippen molar-refractivity contribution in [1.29, 1.82) is 0 Å². The summed E-state index contributed by atoms with van der Waals surface area (Å²) >= 11 is 3.50. The molecule has 1 fully saturated rings. The molecule has 0 radical (unpaired) electrons. The Labute approximate surface area is 252 Å². The number of carbonyl (C=O) groups excluding carboxylic acids is 2. The van der Waals surface area contributed by atoms with Crippen molar-refractivity contribution in [3.05, 3.63) is 94.0 Å². The van der Waals surface area contributed by atoms with Gasteiger partial charge < -0.3 is 19.7 Å².